The Hall–Kier alpha value is 0. The molecule has 33 heavy (non-hydrogen) atoms. The topological polar surface area (TPSA) is 0 Å². The first-order chi connectivity index (χ1) is 16.0. The standard InChI is InChI=1S/C33H62/c1-6-13-32-30-17-9-7-8-14-27(5)20-21-29(24-30)28-19-12-16-26(4)15-10-11-18-31(23-28)33(32)22-25(2)3/h25-33H,6-24H2,1-5H3. The second-order valence-electron chi connectivity index (χ2n) is 13.9. The molecule has 0 saturated heterocycles. The van der Waals surface area contributed by atoms with Gasteiger partial charge in [0.25, 0.3) is 0 Å². The molecular weight excluding hydrogens is 396 g/mol. The van der Waals surface area contributed by atoms with E-state index >= 15 is 0 Å². The van der Waals surface area contributed by atoms with Crippen LogP contribution in [0.4, 0.5) is 0 Å². The summed E-state index contributed by atoms with van der Waals surface area (Å²) < 4.78 is 0. The summed E-state index contributed by atoms with van der Waals surface area (Å²) in [6.07, 6.45) is 28.9. The van der Waals surface area contributed by atoms with Crippen LogP contribution in [-0.2, 0) is 0 Å². The summed E-state index contributed by atoms with van der Waals surface area (Å²) in [6.45, 7) is 12.6. The predicted octanol–water partition coefficient (Wildman–Crippen LogP) is 11.1. The molecule has 3 aliphatic carbocycles. The highest BCUT2D eigenvalue weighted by Gasteiger charge is 2.40. The summed E-state index contributed by atoms with van der Waals surface area (Å²) in [4.78, 5) is 0. The van der Waals surface area contributed by atoms with Crippen molar-refractivity contribution in [2.75, 3.05) is 0 Å². The normalized spacial score (nSPS) is 40.2. The van der Waals surface area contributed by atoms with E-state index in [-0.39, 0.29) is 0 Å². The third-order valence-electron chi connectivity index (χ3n) is 10.6. The van der Waals surface area contributed by atoms with Crippen LogP contribution in [0, 0.1) is 53.3 Å². The SMILES string of the molecule is CCCC1C2CCCCCC(C)CCC(C2)C2CCCC(C)CCCCC(C2)C1CC(C)C. The summed E-state index contributed by atoms with van der Waals surface area (Å²) in [6, 6.07) is 0. The Kier molecular flexibility index (Phi) is 12.1. The van der Waals surface area contributed by atoms with Gasteiger partial charge in [0, 0.05) is 0 Å². The molecular formula is C33H62. The van der Waals surface area contributed by atoms with Crippen LogP contribution in [-0.4, -0.2) is 0 Å². The van der Waals surface area contributed by atoms with Gasteiger partial charge in [0.15, 0.2) is 0 Å². The fourth-order valence-corrected chi connectivity index (χ4v) is 8.77. The molecule has 0 aromatic heterocycles. The number of hydrogen-bond acceptors (Lipinski definition) is 0. The minimum Gasteiger partial charge on any atom is -0.0654 e. The van der Waals surface area contributed by atoms with E-state index < -0.39 is 0 Å². The number of rotatable bonds is 4. The van der Waals surface area contributed by atoms with Gasteiger partial charge in [0.2, 0.25) is 0 Å². The second kappa shape index (κ2) is 14.5. The molecule has 3 fully saturated rings. The van der Waals surface area contributed by atoms with Crippen molar-refractivity contribution < 1.29 is 0 Å². The van der Waals surface area contributed by atoms with E-state index in [2.05, 4.69) is 34.6 Å². The lowest BCUT2D eigenvalue weighted by atomic mass is 9.59. The minimum absolute atomic E-state index is 0.866. The summed E-state index contributed by atoms with van der Waals surface area (Å²) in [7, 11) is 0. The fourth-order valence-electron chi connectivity index (χ4n) is 8.77. The van der Waals surface area contributed by atoms with Crippen LogP contribution in [0.2, 0.25) is 0 Å². The molecule has 0 aromatic carbocycles. The van der Waals surface area contributed by atoms with Gasteiger partial charge in [-0.2, -0.15) is 0 Å². The molecule has 0 heteroatoms. The number of hydrogen-bond donors (Lipinski definition) is 0. The lowest BCUT2D eigenvalue weighted by molar-refractivity contribution is 0.0362. The highest BCUT2D eigenvalue weighted by molar-refractivity contribution is 4.90. The van der Waals surface area contributed by atoms with E-state index in [9.17, 15) is 0 Å². The molecule has 0 heterocycles. The Morgan fingerprint density at radius 3 is 1.76 bits per heavy atom. The van der Waals surface area contributed by atoms with Gasteiger partial charge in [-0.05, 0) is 78.9 Å². The Morgan fingerprint density at radius 2 is 1.06 bits per heavy atom. The van der Waals surface area contributed by atoms with Gasteiger partial charge >= 0.3 is 0 Å². The van der Waals surface area contributed by atoms with Crippen molar-refractivity contribution >= 4 is 0 Å². The molecule has 0 radical (unpaired) electrons. The molecule has 0 spiro atoms. The quantitative estimate of drug-likeness (QED) is 0.393. The molecule has 3 aliphatic rings. The van der Waals surface area contributed by atoms with Gasteiger partial charge in [-0.1, -0.05) is 131 Å². The zero-order valence-electron chi connectivity index (χ0n) is 23.6. The van der Waals surface area contributed by atoms with Crippen molar-refractivity contribution in [2.24, 2.45) is 53.3 Å². The molecule has 0 aromatic rings. The molecule has 194 valence electrons. The fraction of sp³-hybridized carbons (Fsp3) is 1.00. The van der Waals surface area contributed by atoms with Gasteiger partial charge < -0.3 is 0 Å². The lowest BCUT2D eigenvalue weighted by Gasteiger charge is -2.46. The molecule has 3 rings (SSSR count). The van der Waals surface area contributed by atoms with E-state index in [4.69, 9.17) is 0 Å². The van der Waals surface area contributed by atoms with Gasteiger partial charge in [0.1, 0.15) is 0 Å². The Bertz CT molecular complexity index is 506. The van der Waals surface area contributed by atoms with Crippen molar-refractivity contribution in [1.82, 2.24) is 0 Å². The summed E-state index contributed by atoms with van der Waals surface area (Å²) in [5.74, 6) is 8.95. The molecule has 0 N–H and O–H groups in total. The first kappa shape index (κ1) is 27.6. The van der Waals surface area contributed by atoms with Crippen LogP contribution < -0.4 is 0 Å². The van der Waals surface area contributed by atoms with E-state index in [0.717, 1.165) is 53.3 Å². The van der Waals surface area contributed by atoms with E-state index in [1.807, 2.05) is 0 Å². The Labute approximate surface area is 209 Å². The van der Waals surface area contributed by atoms with Crippen molar-refractivity contribution in [1.29, 1.82) is 0 Å². The molecule has 3 saturated carbocycles. The van der Waals surface area contributed by atoms with Crippen LogP contribution in [0.15, 0.2) is 0 Å². The van der Waals surface area contributed by atoms with E-state index in [1.165, 1.54) is 83.5 Å². The maximum absolute atomic E-state index is 2.57. The van der Waals surface area contributed by atoms with Gasteiger partial charge in [-0.3, -0.25) is 0 Å². The first-order valence-corrected chi connectivity index (χ1v) is 16.0. The highest BCUT2D eigenvalue weighted by Crippen LogP contribution is 2.50. The summed E-state index contributed by atoms with van der Waals surface area (Å²) in [5.41, 5.74) is 0. The maximum Gasteiger partial charge on any atom is -0.0352 e. The van der Waals surface area contributed by atoms with Crippen LogP contribution in [0.3, 0.4) is 0 Å². The van der Waals surface area contributed by atoms with Crippen LogP contribution in [0.1, 0.15) is 157 Å². The minimum atomic E-state index is 0.866. The van der Waals surface area contributed by atoms with Crippen molar-refractivity contribution in [3.63, 3.8) is 0 Å². The van der Waals surface area contributed by atoms with Gasteiger partial charge in [-0.15, -0.1) is 0 Å². The molecule has 8 unspecified atom stereocenters. The van der Waals surface area contributed by atoms with E-state index in [1.54, 1.807) is 38.5 Å². The summed E-state index contributed by atoms with van der Waals surface area (Å²) in [5, 5.41) is 0. The molecule has 4 bridgehead atoms. The van der Waals surface area contributed by atoms with E-state index in [0.29, 0.717) is 0 Å². The van der Waals surface area contributed by atoms with Gasteiger partial charge in [-0.25, -0.2) is 0 Å². The number of fused-ring (bicyclic) bond motifs is 5. The van der Waals surface area contributed by atoms with Crippen molar-refractivity contribution in [3.8, 4) is 0 Å². The van der Waals surface area contributed by atoms with Crippen molar-refractivity contribution in [3.05, 3.63) is 0 Å². The third-order valence-corrected chi connectivity index (χ3v) is 10.6. The highest BCUT2D eigenvalue weighted by atomic mass is 14.5. The molecule has 8 atom stereocenters. The largest absolute Gasteiger partial charge is 0.0654 e. The average Bonchev–Trinajstić information content (AvgIpc) is 2.84. The van der Waals surface area contributed by atoms with Crippen LogP contribution in [0.25, 0.3) is 0 Å². The lowest BCUT2D eigenvalue weighted by Crippen LogP contribution is -2.37. The Balaban J connectivity index is 1.94. The summed E-state index contributed by atoms with van der Waals surface area (Å²) >= 11 is 0. The maximum atomic E-state index is 2.57. The molecule has 0 amide bonds. The third kappa shape index (κ3) is 8.86. The molecule has 0 aliphatic heterocycles. The van der Waals surface area contributed by atoms with Crippen LogP contribution >= 0.6 is 0 Å². The monoisotopic (exact) mass is 458 g/mol. The van der Waals surface area contributed by atoms with Crippen molar-refractivity contribution in [2.45, 2.75) is 157 Å². The molecule has 0 nitrogen and oxygen atoms in total. The smallest absolute Gasteiger partial charge is 0.0352 e. The second-order valence-corrected chi connectivity index (χ2v) is 13.9. The zero-order chi connectivity index (χ0) is 23.6. The van der Waals surface area contributed by atoms with Gasteiger partial charge in [0.05, 0.1) is 0 Å². The van der Waals surface area contributed by atoms with Crippen LogP contribution in [0.5, 0.6) is 0 Å². The average molecular weight is 459 g/mol. The Morgan fingerprint density at radius 1 is 0.545 bits per heavy atom. The predicted molar refractivity (Wildman–Crippen MR) is 148 cm³/mol. The first-order valence-electron chi connectivity index (χ1n) is 16.0. The zero-order valence-corrected chi connectivity index (χ0v) is 23.6.